The van der Waals surface area contributed by atoms with Gasteiger partial charge in [-0.1, -0.05) is 252 Å². The maximum Gasteiger partial charge on any atom is 0.402 e. The van der Waals surface area contributed by atoms with Gasteiger partial charge >= 0.3 is 24.7 Å². The summed E-state index contributed by atoms with van der Waals surface area (Å²) in [7, 11) is 0. The van der Waals surface area contributed by atoms with Gasteiger partial charge in [0.25, 0.3) is 0 Å². The predicted molar refractivity (Wildman–Crippen MR) is 325 cm³/mol. The molecule has 7 unspecified atom stereocenters. The van der Waals surface area contributed by atoms with Gasteiger partial charge in [0.05, 0.1) is 11.3 Å². The van der Waals surface area contributed by atoms with Crippen LogP contribution in [0.4, 0.5) is 70.2 Å². The number of alkyl halides is 16. The number of halogens is 16. The number of rotatable bonds is 8. The van der Waals surface area contributed by atoms with Crippen molar-refractivity contribution in [3.8, 4) is 0 Å². The van der Waals surface area contributed by atoms with Gasteiger partial charge in [0, 0.05) is 22.4 Å². The molecule has 0 aromatic rings. The molecule has 0 aromatic carbocycles. The van der Waals surface area contributed by atoms with E-state index >= 15 is 0 Å². The lowest BCUT2D eigenvalue weighted by atomic mass is 9.86. The van der Waals surface area contributed by atoms with Crippen molar-refractivity contribution in [3.63, 3.8) is 0 Å². The summed E-state index contributed by atoms with van der Waals surface area (Å²) in [6.45, 7) is 55.4. The number of hydrogen-bond acceptors (Lipinski definition) is 0. The molecule has 3 saturated carbocycles. The van der Waals surface area contributed by atoms with E-state index in [1.165, 1.54) is 86.5 Å². The van der Waals surface area contributed by atoms with E-state index in [1.54, 1.807) is 20.8 Å². The Hall–Kier alpha value is -1.12. The molecule has 0 nitrogen and oxygen atoms in total. The lowest BCUT2D eigenvalue weighted by molar-refractivity contribution is -0.335. The monoisotopic (exact) mass is 1240 g/mol. The summed E-state index contributed by atoms with van der Waals surface area (Å²) < 4.78 is 214. The molecule has 0 aliphatic heterocycles. The fourth-order valence-corrected chi connectivity index (χ4v) is 7.57. The van der Waals surface area contributed by atoms with E-state index in [1.807, 2.05) is 34.6 Å². The summed E-state index contributed by atoms with van der Waals surface area (Å²) in [6, 6.07) is 0. The lowest BCUT2D eigenvalue weighted by Crippen LogP contribution is -2.47. The van der Waals surface area contributed by atoms with E-state index in [0.717, 1.165) is 37.5 Å². The normalized spacial score (nSPS) is 25.1. The van der Waals surface area contributed by atoms with Crippen molar-refractivity contribution in [1.29, 1.82) is 0 Å². The zero-order chi connectivity index (χ0) is 71.3. The van der Waals surface area contributed by atoms with Crippen molar-refractivity contribution in [3.05, 3.63) is 0 Å². The molecule has 83 heavy (non-hydrogen) atoms. The number of hydrogen-bond donors (Lipinski definition) is 0. The summed E-state index contributed by atoms with van der Waals surface area (Å²) in [4.78, 5) is 0. The molecular formula is C67H132F16. The largest absolute Gasteiger partial charge is 0.402 e. The van der Waals surface area contributed by atoms with Gasteiger partial charge in [0.1, 0.15) is 0 Å². The van der Waals surface area contributed by atoms with Gasteiger partial charge in [-0.2, -0.15) is 52.7 Å². The van der Waals surface area contributed by atoms with Crippen molar-refractivity contribution < 1.29 is 74.4 Å². The van der Waals surface area contributed by atoms with Gasteiger partial charge in [0.15, 0.2) is 5.41 Å². The van der Waals surface area contributed by atoms with E-state index < -0.39 is 78.4 Å². The van der Waals surface area contributed by atoms with Gasteiger partial charge < -0.3 is 0 Å². The molecule has 0 N–H and O–H groups in total. The van der Waals surface area contributed by atoms with Crippen LogP contribution in [0, 0.1) is 92.1 Å². The van der Waals surface area contributed by atoms with Crippen molar-refractivity contribution in [2.75, 3.05) is 0 Å². The molecule has 0 heterocycles. The molecule has 0 bridgehead atoms. The highest BCUT2D eigenvalue weighted by molar-refractivity contribution is 4.88. The first-order valence-corrected chi connectivity index (χ1v) is 31.0. The van der Waals surface area contributed by atoms with Crippen LogP contribution in [0.2, 0.25) is 0 Å². The Morgan fingerprint density at radius 3 is 0.855 bits per heavy atom. The highest BCUT2D eigenvalue weighted by atomic mass is 19.4. The summed E-state index contributed by atoms with van der Waals surface area (Å²) >= 11 is 0. The first-order valence-electron chi connectivity index (χ1n) is 32.5. The molecular weight excluding hydrogens is 1110 g/mol. The van der Waals surface area contributed by atoms with Crippen molar-refractivity contribution >= 4 is 0 Å². The van der Waals surface area contributed by atoms with Crippen LogP contribution in [0.1, 0.15) is 308 Å². The Labute approximate surface area is 506 Å². The van der Waals surface area contributed by atoms with E-state index in [-0.39, 0.29) is 42.9 Å². The molecule has 3 rings (SSSR count). The summed E-state index contributed by atoms with van der Waals surface area (Å²) in [6.07, 6.45) is -10.7. The van der Waals surface area contributed by atoms with E-state index in [4.69, 9.17) is 4.11 Å². The minimum Gasteiger partial charge on any atom is -0.210 e. The second kappa shape index (κ2) is 42.7. The molecule has 512 valence electrons. The molecule has 0 radical (unpaired) electrons. The first kappa shape index (κ1) is 88.3. The maximum atomic E-state index is 12.3. The van der Waals surface area contributed by atoms with Crippen LogP contribution < -0.4 is 0 Å². The van der Waals surface area contributed by atoms with Crippen LogP contribution in [0.15, 0.2) is 0 Å². The molecule has 0 saturated heterocycles. The zero-order valence-corrected chi connectivity index (χ0v) is 58.3. The van der Waals surface area contributed by atoms with Crippen molar-refractivity contribution in [2.45, 2.75) is 341 Å². The van der Waals surface area contributed by atoms with Crippen LogP contribution in [0.25, 0.3) is 0 Å². The molecule has 0 spiro atoms. The first-order chi connectivity index (χ1) is 37.6. The van der Waals surface area contributed by atoms with Crippen molar-refractivity contribution in [1.82, 2.24) is 0 Å². The van der Waals surface area contributed by atoms with Crippen LogP contribution in [0.3, 0.4) is 0 Å². The fourth-order valence-electron chi connectivity index (χ4n) is 7.57. The topological polar surface area (TPSA) is 0 Å². The Kier molecular flexibility index (Phi) is 45.5. The fraction of sp³-hybridized carbons (Fsp3) is 1.00. The zero-order valence-electron chi connectivity index (χ0n) is 61.3. The standard InChI is InChI=1S/C8H13F3.2C8H16.C7H16.C6H8F6.C6H11F3.2C6H12F2.2C6H14/c1-5-3-6(2)7(4-5)8(9,10)11;2*1-6-4-5-7(2)8(6)3;1-5-6-7(2,3)4;1-3-4(2,5(7,8)9)6(10,11)12;1-4-5(2,3)6(7,8)9;1-4-6(7,8)5(2)3;1-3-4-5(2)6(7)8;2*1-5-6(2,3)4/h5-7H,3-4H2,1-2H3;2*6-8H,4-5H2,1-3H3;5-6H2,1-4H3;3H2,1-2H3;4H2,1-3H3;5H,4H2,1-3H3;5-6H,3-4H2,1-2H3;2*5H2,1-4H3/t5-,6?,7?;;;;;;;;;/m0........./s1/i;8D;;;;;;;5D2;. The molecule has 16 heteroatoms. The van der Waals surface area contributed by atoms with Gasteiger partial charge in [-0.05, 0) is 109 Å². The Balaban J connectivity index is -0.000000162. The van der Waals surface area contributed by atoms with Crippen LogP contribution >= 0.6 is 0 Å². The van der Waals surface area contributed by atoms with Crippen LogP contribution in [-0.2, 0) is 0 Å². The van der Waals surface area contributed by atoms with Crippen LogP contribution in [0.5, 0.6) is 0 Å². The third-order valence-electron chi connectivity index (χ3n) is 16.9. The van der Waals surface area contributed by atoms with Crippen molar-refractivity contribution in [2.24, 2.45) is 92.1 Å². The summed E-state index contributed by atoms with van der Waals surface area (Å²) in [5.74, 6) is -0.336. The third-order valence-corrected chi connectivity index (χ3v) is 16.9. The second-order valence-corrected chi connectivity index (χ2v) is 28.7. The summed E-state index contributed by atoms with van der Waals surface area (Å²) in [5.41, 5.74) is -4.24. The van der Waals surface area contributed by atoms with Gasteiger partial charge in [0.2, 0.25) is 12.3 Å². The van der Waals surface area contributed by atoms with E-state index in [2.05, 4.69) is 96.9 Å². The molecule has 0 aromatic heterocycles. The minimum atomic E-state index is -5.24. The highest BCUT2D eigenvalue weighted by Gasteiger charge is 2.66. The quantitative estimate of drug-likeness (QED) is 0.213. The van der Waals surface area contributed by atoms with Gasteiger partial charge in [-0.3, -0.25) is 0 Å². The molecule has 3 fully saturated rings. The summed E-state index contributed by atoms with van der Waals surface area (Å²) in [5, 5.41) is 0. The Morgan fingerprint density at radius 1 is 0.446 bits per heavy atom. The second-order valence-electron chi connectivity index (χ2n) is 28.7. The molecule has 3 aliphatic carbocycles. The lowest BCUT2D eigenvalue weighted by Gasteiger charge is -2.32. The smallest absolute Gasteiger partial charge is 0.210 e. The van der Waals surface area contributed by atoms with E-state index in [9.17, 15) is 70.2 Å². The Morgan fingerprint density at radius 2 is 0.795 bits per heavy atom. The average Bonchev–Trinajstić information content (AvgIpc) is 3.91. The average molecular weight is 1240 g/mol. The predicted octanol–water partition coefficient (Wildman–Crippen LogP) is 28.2. The highest BCUT2D eigenvalue weighted by Crippen LogP contribution is 2.52. The van der Waals surface area contributed by atoms with E-state index in [0.29, 0.717) is 35.5 Å². The van der Waals surface area contributed by atoms with Gasteiger partial charge in [-0.15, -0.1) is 0 Å². The minimum absolute atomic E-state index is 0.0509. The maximum absolute atomic E-state index is 12.3. The molecule has 0 amide bonds. The molecule has 8 atom stereocenters. The third kappa shape index (κ3) is 48.5. The SMILES string of the molecule is CC1CCC(C)C1C.CC1C[C@H](C)CC1C(F)(F)F.CCC(C)(C(F)(F)F)C(F)(F)F.CCC(C)(C)C.CCC(C)(C)C(F)(F)F.CCC(F)(F)C(C)C.CCCC(C)(C)C.CCCC(C)C(F)F.[2H]C([2H])(C)C(C)(C)C.[2H]C1(C)C(C)CCC1C. The van der Waals surface area contributed by atoms with Gasteiger partial charge in [-0.25, -0.2) is 17.6 Å². The molecule has 3 aliphatic rings. The Bertz CT molecular complexity index is 1570. The van der Waals surface area contributed by atoms with Crippen LogP contribution in [-0.4, -0.2) is 37.1 Å².